The van der Waals surface area contributed by atoms with Gasteiger partial charge in [0.15, 0.2) is 0 Å². The van der Waals surface area contributed by atoms with Gasteiger partial charge in [-0.25, -0.2) is 9.59 Å². The molecule has 6 rings (SSSR count). The average molecular weight is 890 g/mol. The highest BCUT2D eigenvalue weighted by Crippen LogP contribution is 2.28. The summed E-state index contributed by atoms with van der Waals surface area (Å²) in [6.07, 6.45) is 4.61. The molecule has 0 atom stereocenters. The number of nitrogens with one attached hydrogen (secondary N) is 1. The van der Waals surface area contributed by atoms with Crippen molar-refractivity contribution in [3.05, 3.63) is 87.9 Å². The second kappa shape index (κ2) is 25.3. The van der Waals surface area contributed by atoms with Crippen molar-refractivity contribution in [3.8, 4) is 17.2 Å². The topological polar surface area (TPSA) is 130 Å². The molecule has 0 spiro atoms. The van der Waals surface area contributed by atoms with Crippen LogP contribution in [0.2, 0.25) is 15.1 Å². The van der Waals surface area contributed by atoms with Gasteiger partial charge >= 0.3 is 12.2 Å². The van der Waals surface area contributed by atoms with Crippen LogP contribution in [0.5, 0.6) is 17.2 Å². The number of amides is 2. The lowest BCUT2D eigenvalue weighted by Gasteiger charge is -2.33. The molecule has 0 unspecified atom stereocenters. The van der Waals surface area contributed by atoms with E-state index in [4.69, 9.17) is 58.9 Å². The standard InChI is InChI=1S/C16H22ClNO3.C11H14ClNO.C10H19NO3.C6H5ClO.ClH/c1-16(2,3)21-15(19)18-10-8-12(9-11-18)20-14-7-5-4-6-13(14)17;12-10-3-1-2-4-11(10)14-9-5-7-13-8-6-9;1-10(2,3)14-9(13)11-6-4-8(12)5-7-11;7-5-3-1-2-4-6(5)8;/h4-7,12H,8-11H2,1-3H3;1-4,9,13H,5-8H2;8,12H,4-7H2,1-3H3;1-4,8H;1H. The maximum absolute atomic E-state index is 12.0. The average Bonchev–Trinajstić information content (AvgIpc) is 3.15. The molecule has 2 amide bonds. The van der Waals surface area contributed by atoms with Crippen LogP contribution in [0.4, 0.5) is 9.59 Å². The summed E-state index contributed by atoms with van der Waals surface area (Å²) in [7, 11) is 0. The van der Waals surface area contributed by atoms with Crippen LogP contribution >= 0.6 is 47.2 Å². The second-order valence-electron chi connectivity index (χ2n) is 15.9. The van der Waals surface area contributed by atoms with E-state index in [0.717, 1.165) is 44.5 Å². The van der Waals surface area contributed by atoms with Crippen LogP contribution in [-0.4, -0.2) is 101 Å². The summed E-state index contributed by atoms with van der Waals surface area (Å²) in [5, 5.41) is 23.1. The molecule has 324 valence electrons. The summed E-state index contributed by atoms with van der Waals surface area (Å²) in [5.74, 6) is 1.64. The fraction of sp³-hybridized carbons (Fsp3) is 0.535. The molecule has 3 heterocycles. The minimum Gasteiger partial charge on any atom is -0.506 e. The summed E-state index contributed by atoms with van der Waals surface area (Å²) in [4.78, 5) is 26.9. The fourth-order valence-corrected chi connectivity index (χ4v) is 6.16. The zero-order chi connectivity index (χ0) is 42.0. The first kappa shape index (κ1) is 50.8. The minimum atomic E-state index is -0.456. The highest BCUT2D eigenvalue weighted by Gasteiger charge is 2.28. The number of nitrogens with zero attached hydrogens (tertiary/aromatic N) is 2. The molecule has 11 nitrogen and oxygen atoms in total. The Balaban J connectivity index is 0.000000278. The summed E-state index contributed by atoms with van der Waals surface area (Å²) in [5.41, 5.74) is -0.894. The van der Waals surface area contributed by atoms with Gasteiger partial charge in [0, 0.05) is 39.0 Å². The van der Waals surface area contributed by atoms with Crippen molar-refractivity contribution in [1.82, 2.24) is 15.1 Å². The predicted molar refractivity (Wildman–Crippen MR) is 234 cm³/mol. The number of aliphatic hydroxyl groups excluding tert-OH is 1. The van der Waals surface area contributed by atoms with Crippen LogP contribution in [0.25, 0.3) is 0 Å². The fourth-order valence-electron chi connectivity index (χ4n) is 5.66. The number of carbonyl (C=O) groups excluding carboxylic acids is 2. The molecule has 3 aromatic rings. The molecule has 3 N–H and O–H groups in total. The van der Waals surface area contributed by atoms with Crippen molar-refractivity contribution < 1.29 is 38.7 Å². The van der Waals surface area contributed by atoms with E-state index in [9.17, 15) is 14.7 Å². The van der Waals surface area contributed by atoms with E-state index in [1.54, 1.807) is 34.1 Å². The molecular weight excluding hydrogens is 828 g/mol. The molecule has 0 aromatic heterocycles. The van der Waals surface area contributed by atoms with E-state index < -0.39 is 11.2 Å². The molecule has 0 aliphatic carbocycles. The molecule has 3 fully saturated rings. The first-order valence-electron chi connectivity index (χ1n) is 19.5. The van der Waals surface area contributed by atoms with Crippen molar-refractivity contribution in [3.63, 3.8) is 0 Å². The molecule has 3 saturated heterocycles. The third-order valence-corrected chi connectivity index (χ3v) is 9.55. The molecule has 3 aliphatic heterocycles. The first-order valence-corrected chi connectivity index (χ1v) is 20.6. The monoisotopic (exact) mass is 887 g/mol. The molecule has 0 saturated carbocycles. The third-order valence-electron chi connectivity index (χ3n) is 8.61. The number of hydrogen-bond donors (Lipinski definition) is 3. The number of para-hydroxylation sites is 3. The Morgan fingerprint density at radius 1 is 0.603 bits per heavy atom. The Kier molecular flexibility index (Phi) is 22.2. The van der Waals surface area contributed by atoms with Crippen LogP contribution in [0, 0.1) is 0 Å². The van der Waals surface area contributed by atoms with Gasteiger partial charge in [-0.15, -0.1) is 12.4 Å². The van der Waals surface area contributed by atoms with Crippen LogP contribution in [0.1, 0.15) is 80.1 Å². The zero-order valence-corrected chi connectivity index (χ0v) is 37.5. The number of phenolic OH excluding ortho intramolecular Hbond substituents is 1. The number of aromatic hydroxyl groups is 1. The lowest BCUT2D eigenvalue weighted by molar-refractivity contribution is 0.00959. The van der Waals surface area contributed by atoms with Crippen LogP contribution in [0.15, 0.2) is 72.8 Å². The number of carbonyl (C=O) groups is 2. The SMILES string of the molecule is CC(C)(C)OC(=O)N1CCC(O)CC1.CC(C)(C)OC(=O)N1CCC(Oc2ccccc2Cl)CC1.Cl.Clc1ccccc1OC1CCNCC1.Oc1ccccc1Cl. The first-order chi connectivity index (χ1) is 26.9. The third kappa shape index (κ3) is 20.1. The number of rotatable bonds is 4. The van der Waals surface area contributed by atoms with E-state index >= 15 is 0 Å². The number of ether oxygens (including phenoxy) is 4. The number of hydrogen-bond acceptors (Lipinski definition) is 9. The summed E-state index contributed by atoms with van der Waals surface area (Å²) >= 11 is 17.5. The second-order valence-corrected chi connectivity index (χ2v) is 17.1. The van der Waals surface area contributed by atoms with Gasteiger partial charge < -0.3 is 44.3 Å². The number of halogens is 4. The largest absolute Gasteiger partial charge is 0.506 e. The Morgan fingerprint density at radius 2 is 0.966 bits per heavy atom. The van der Waals surface area contributed by atoms with E-state index in [2.05, 4.69) is 5.32 Å². The number of aliphatic hydroxyl groups is 1. The van der Waals surface area contributed by atoms with Gasteiger partial charge in [0.25, 0.3) is 0 Å². The maximum atomic E-state index is 12.0. The van der Waals surface area contributed by atoms with Crippen LogP contribution < -0.4 is 14.8 Å². The highest BCUT2D eigenvalue weighted by molar-refractivity contribution is 6.32. The van der Waals surface area contributed by atoms with Gasteiger partial charge in [0.2, 0.25) is 0 Å². The van der Waals surface area contributed by atoms with Crippen molar-refractivity contribution >= 4 is 59.4 Å². The molecule has 0 radical (unpaired) electrons. The molecule has 0 bridgehead atoms. The summed E-state index contributed by atoms with van der Waals surface area (Å²) in [6, 6.07) is 21.8. The van der Waals surface area contributed by atoms with Crippen molar-refractivity contribution in [2.75, 3.05) is 39.3 Å². The maximum Gasteiger partial charge on any atom is 0.410 e. The molecule has 15 heteroatoms. The van der Waals surface area contributed by atoms with E-state index in [1.807, 2.05) is 90.1 Å². The molecule has 58 heavy (non-hydrogen) atoms. The Hall–Kier alpha value is -3.32. The number of piperidine rings is 3. The quantitative estimate of drug-likeness (QED) is 0.234. The normalized spacial score (nSPS) is 16.4. The van der Waals surface area contributed by atoms with Gasteiger partial charge in [-0.1, -0.05) is 71.2 Å². The Bertz CT molecular complexity index is 1630. The van der Waals surface area contributed by atoms with E-state index in [0.29, 0.717) is 65.9 Å². The molecular formula is C43H61Cl4N3O8. The van der Waals surface area contributed by atoms with Crippen molar-refractivity contribution in [2.24, 2.45) is 0 Å². The highest BCUT2D eigenvalue weighted by atomic mass is 35.5. The Morgan fingerprint density at radius 3 is 1.33 bits per heavy atom. The predicted octanol–water partition coefficient (Wildman–Crippen LogP) is 10.4. The van der Waals surface area contributed by atoms with Gasteiger partial charge in [0.1, 0.15) is 40.7 Å². The number of benzene rings is 3. The lowest BCUT2D eigenvalue weighted by Crippen LogP contribution is -2.44. The molecule has 3 aromatic carbocycles. The van der Waals surface area contributed by atoms with E-state index in [1.165, 1.54) is 0 Å². The van der Waals surface area contributed by atoms with Crippen molar-refractivity contribution in [2.45, 2.75) is 110 Å². The lowest BCUT2D eigenvalue weighted by atomic mass is 10.1. The van der Waals surface area contributed by atoms with Gasteiger partial charge in [-0.2, -0.15) is 0 Å². The number of phenols is 1. The van der Waals surface area contributed by atoms with Crippen molar-refractivity contribution in [1.29, 1.82) is 0 Å². The minimum absolute atomic E-state index is 0. The number of likely N-dealkylation sites (tertiary alicyclic amines) is 2. The summed E-state index contributed by atoms with van der Waals surface area (Å²) < 4.78 is 22.3. The summed E-state index contributed by atoms with van der Waals surface area (Å²) in [6.45, 7) is 15.7. The Labute approximate surface area is 365 Å². The molecule has 3 aliphatic rings. The van der Waals surface area contributed by atoms with Gasteiger partial charge in [-0.3, -0.25) is 0 Å². The zero-order valence-electron chi connectivity index (χ0n) is 34.4. The van der Waals surface area contributed by atoms with Crippen LogP contribution in [-0.2, 0) is 9.47 Å². The van der Waals surface area contributed by atoms with Gasteiger partial charge in [0.05, 0.1) is 21.2 Å². The smallest absolute Gasteiger partial charge is 0.410 e. The van der Waals surface area contributed by atoms with Crippen LogP contribution in [0.3, 0.4) is 0 Å². The van der Waals surface area contributed by atoms with E-state index in [-0.39, 0.29) is 42.6 Å². The van der Waals surface area contributed by atoms with Gasteiger partial charge in [-0.05, 0) is 117 Å².